The van der Waals surface area contributed by atoms with E-state index in [-0.39, 0.29) is 1.43 Å². The van der Waals surface area contributed by atoms with E-state index in [9.17, 15) is 0 Å². The van der Waals surface area contributed by atoms with Gasteiger partial charge in [0.05, 0.1) is 17.2 Å². The van der Waals surface area contributed by atoms with Gasteiger partial charge in [-0.15, -0.1) is 0 Å². The predicted molar refractivity (Wildman–Crippen MR) is 43.4 cm³/mol. The van der Waals surface area contributed by atoms with Crippen LogP contribution in [0.3, 0.4) is 0 Å². The molecule has 0 fully saturated rings. The number of aromatic nitrogens is 3. The minimum Gasteiger partial charge on any atom is -0.331 e. The summed E-state index contributed by atoms with van der Waals surface area (Å²) in [6, 6.07) is 1.88. The van der Waals surface area contributed by atoms with Gasteiger partial charge in [0.1, 0.15) is 0 Å². The molecule has 4 heteroatoms. The standard InChI is InChI=1S/C6H5N3S.H2/c10-6-8-4-1-2-7-3-5(4)9-6;/h1-3H,(H2,8,9,10);1H. The van der Waals surface area contributed by atoms with E-state index in [0.29, 0.717) is 4.77 Å². The summed E-state index contributed by atoms with van der Waals surface area (Å²) in [7, 11) is 0. The Balaban J connectivity index is 0.000000605. The fraction of sp³-hybridized carbons (Fsp3) is 0. The summed E-state index contributed by atoms with van der Waals surface area (Å²) in [5.41, 5.74) is 1.95. The zero-order valence-corrected chi connectivity index (χ0v) is 5.90. The van der Waals surface area contributed by atoms with Crippen LogP contribution >= 0.6 is 12.2 Å². The van der Waals surface area contributed by atoms with E-state index in [2.05, 4.69) is 15.0 Å². The van der Waals surface area contributed by atoms with Gasteiger partial charge in [0.25, 0.3) is 0 Å². The number of hydrogen-bond acceptors (Lipinski definition) is 2. The molecule has 2 aromatic heterocycles. The molecule has 0 aliphatic carbocycles. The van der Waals surface area contributed by atoms with Crippen LogP contribution in [-0.2, 0) is 0 Å². The molecule has 0 aliphatic rings. The molecule has 52 valence electrons. The van der Waals surface area contributed by atoms with Crippen molar-refractivity contribution >= 4 is 23.3 Å². The third-order valence-electron chi connectivity index (χ3n) is 1.32. The summed E-state index contributed by atoms with van der Waals surface area (Å²) in [6.45, 7) is 0. The fourth-order valence-corrected chi connectivity index (χ4v) is 1.10. The highest BCUT2D eigenvalue weighted by molar-refractivity contribution is 7.71. The van der Waals surface area contributed by atoms with E-state index in [1.54, 1.807) is 12.4 Å². The Morgan fingerprint density at radius 2 is 2.20 bits per heavy atom. The number of imidazole rings is 1. The first-order valence-electron chi connectivity index (χ1n) is 2.88. The van der Waals surface area contributed by atoms with E-state index in [1.165, 1.54) is 0 Å². The monoisotopic (exact) mass is 153 g/mol. The van der Waals surface area contributed by atoms with Crippen molar-refractivity contribution < 1.29 is 1.43 Å². The third-order valence-corrected chi connectivity index (χ3v) is 1.52. The summed E-state index contributed by atoms with van der Waals surface area (Å²) in [6.07, 6.45) is 3.46. The molecular weight excluding hydrogens is 146 g/mol. The van der Waals surface area contributed by atoms with Crippen LogP contribution in [0.1, 0.15) is 1.43 Å². The molecule has 0 bridgehead atoms. The molecule has 2 N–H and O–H groups in total. The molecule has 2 aromatic rings. The van der Waals surface area contributed by atoms with Crippen molar-refractivity contribution in [2.45, 2.75) is 0 Å². The van der Waals surface area contributed by atoms with Crippen LogP contribution in [0.4, 0.5) is 0 Å². The zero-order valence-electron chi connectivity index (χ0n) is 5.09. The maximum Gasteiger partial charge on any atom is 0.175 e. The summed E-state index contributed by atoms with van der Waals surface area (Å²) in [5, 5.41) is 0. The maximum atomic E-state index is 4.87. The second kappa shape index (κ2) is 1.91. The lowest BCUT2D eigenvalue weighted by atomic mass is 10.4. The fourth-order valence-electron chi connectivity index (χ4n) is 0.879. The second-order valence-electron chi connectivity index (χ2n) is 2.00. The molecule has 0 spiro atoms. The van der Waals surface area contributed by atoms with Gasteiger partial charge in [-0.25, -0.2) is 0 Å². The number of rotatable bonds is 0. The molecule has 2 rings (SSSR count). The van der Waals surface area contributed by atoms with Crippen molar-refractivity contribution in [2.24, 2.45) is 0 Å². The van der Waals surface area contributed by atoms with E-state index in [4.69, 9.17) is 12.2 Å². The lowest BCUT2D eigenvalue weighted by Crippen LogP contribution is -1.69. The first kappa shape index (κ1) is 5.61. The first-order valence-corrected chi connectivity index (χ1v) is 3.29. The summed E-state index contributed by atoms with van der Waals surface area (Å²) >= 11 is 4.87. The number of nitrogens with one attached hydrogen (secondary N) is 2. The van der Waals surface area contributed by atoms with E-state index < -0.39 is 0 Å². The van der Waals surface area contributed by atoms with Gasteiger partial charge in [0, 0.05) is 7.62 Å². The van der Waals surface area contributed by atoms with Crippen molar-refractivity contribution in [3.63, 3.8) is 0 Å². The summed E-state index contributed by atoms with van der Waals surface area (Å²) < 4.78 is 0.642. The molecule has 0 saturated carbocycles. The Morgan fingerprint density at radius 3 is 3.00 bits per heavy atom. The van der Waals surface area contributed by atoms with Crippen molar-refractivity contribution in [1.29, 1.82) is 0 Å². The van der Waals surface area contributed by atoms with Crippen molar-refractivity contribution in [3.05, 3.63) is 23.2 Å². The van der Waals surface area contributed by atoms with Gasteiger partial charge < -0.3 is 9.97 Å². The Morgan fingerprint density at radius 1 is 1.40 bits per heavy atom. The lowest BCUT2D eigenvalue weighted by molar-refractivity contribution is 1.29. The van der Waals surface area contributed by atoms with Gasteiger partial charge in [0.15, 0.2) is 4.77 Å². The van der Waals surface area contributed by atoms with Crippen LogP contribution in [0.5, 0.6) is 0 Å². The summed E-state index contributed by atoms with van der Waals surface area (Å²) in [5.74, 6) is 0. The van der Waals surface area contributed by atoms with Crippen LogP contribution in [0.25, 0.3) is 11.0 Å². The molecular formula is C6H7N3S. The molecule has 0 saturated heterocycles. The largest absolute Gasteiger partial charge is 0.331 e. The van der Waals surface area contributed by atoms with Gasteiger partial charge in [-0.05, 0) is 18.3 Å². The number of hydrogen-bond donors (Lipinski definition) is 2. The van der Waals surface area contributed by atoms with Gasteiger partial charge in [-0.2, -0.15) is 0 Å². The van der Waals surface area contributed by atoms with E-state index in [1.807, 2.05) is 6.07 Å². The number of nitrogens with zero attached hydrogens (tertiary/aromatic N) is 1. The normalized spacial score (nSPS) is 10.4. The van der Waals surface area contributed by atoms with Crippen LogP contribution in [-0.4, -0.2) is 15.0 Å². The number of aromatic amines is 2. The maximum absolute atomic E-state index is 4.87. The molecule has 10 heavy (non-hydrogen) atoms. The van der Waals surface area contributed by atoms with Crippen molar-refractivity contribution in [1.82, 2.24) is 15.0 Å². The Bertz CT molecular complexity index is 369. The Kier molecular flexibility index (Phi) is 1.07. The highest BCUT2D eigenvalue weighted by Crippen LogP contribution is 2.04. The molecule has 0 aliphatic heterocycles. The average molecular weight is 153 g/mol. The van der Waals surface area contributed by atoms with Gasteiger partial charge in [-0.1, -0.05) is 0 Å². The average Bonchev–Trinajstić information content (AvgIpc) is 2.27. The molecule has 2 heterocycles. The molecule has 0 radical (unpaired) electrons. The van der Waals surface area contributed by atoms with Crippen molar-refractivity contribution in [2.75, 3.05) is 0 Å². The SMILES string of the molecule is S=c1[nH]c2ccncc2[nH]1.[HH]. The third kappa shape index (κ3) is 0.733. The van der Waals surface area contributed by atoms with E-state index >= 15 is 0 Å². The summed E-state index contributed by atoms with van der Waals surface area (Å²) in [4.78, 5) is 9.86. The topological polar surface area (TPSA) is 44.5 Å². The van der Waals surface area contributed by atoms with Crippen LogP contribution < -0.4 is 0 Å². The molecule has 0 aromatic carbocycles. The Hall–Kier alpha value is -1.16. The van der Waals surface area contributed by atoms with Crippen LogP contribution in [0.15, 0.2) is 18.5 Å². The van der Waals surface area contributed by atoms with Crippen LogP contribution in [0, 0.1) is 4.77 Å². The van der Waals surface area contributed by atoms with E-state index in [0.717, 1.165) is 11.0 Å². The zero-order chi connectivity index (χ0) is 6.97. The number of pyridine rings is 1. The highest BCUT2D eigenvalue weighted by Gasteiger charge is 1.91. The first-order chi connectivity index (χ1) is 4.86. The molecule has 0 atom stereocenters. The second-order valence-corrected chi connectivity index (χ2v) is 2.41. The highest BCUT2D eigenvalue weighted by atomic mass is 32.1. The minimum atomic E-state index is 0. The predicted octanol–water partition coefficient (Wildman–Crippen LogP) is 1.87. The van der Waals surface area contributed by atoms with Gasteiger partial charge in [0.2, 0.25) is 0 Å². The molecule has 0 unspecified atom stereocenters. The quantitative estimate of drug-likeness (QED) is 0.567. The number of H-pyrrole nitrogens is 2. The van der Waals surface area contributed by atoms with Crippen molar-refractivity contribution in [3.8, 4) is 0 Å². The molecule has 0 amide bonds. The minimum absolute atomic E-state index is 0. The van der Waals surface area contributed by atoms with Gasteiger partial charge >= 0.3 is 0 Å². The smallest absolute Gasteiger partial charge is 0.175 e. The molecule has 3 nitrogen and oxygen atoms in total. The number of fused-ring (bicyclic) bond motifs is 1. The lowest BCUT2D eigenvalue weighted by Gasteiger charge is -1.81. The van der Waals surface area contributed by atoms with Crippen LogP contribution in [0.2, 0.25) is 0 Å². The Labute approximate surface area is 63.6 Å². The van der Waals surface area contributed by atoms with Gasteiger partial charge in [-0.3, -0.25) is 4.98 Å².